The molecule has 2 aromatic carbocycles. The second-order valence-electron chi connectivity index (χ2n) is 4.40. The molecule has 0 spiro atoms. The first-order valence-electron chi connectivity index (χ1n) is 6.17. The molecule has 110 valence electrons. The zero-order chi connectivity index (χ0) is 15.4. The van der Waals surface area contributed by atoms with Crippen molar-refractivity contribution >= 4 is 17.3 Å². The van der Waals surface area contributed by atoms with E-state index in [2.05, 4.69) is 5.32 Å². The number of amides is 1. The zero-order valence-corrected chi connectivity index (χ0v) is 11.3. The Balaban J connectivity index is 2.13. The van der Waals surface area contributed by atoms with Crippen molar-refractivity contribution in [2.45, 2.75) is 6.42 Å². The Morgan fingerprint density at radius 1 is 1.29 bits per heavy atom. The largest absolute Gasteiger partial charge is 0.497 e. The van der Waals surface area contributed by atoms with Crippen LogP contribution in [-0.4, -0.2) is 13.0 Å². The minimum Gasteiger partial charge on any atom is -0.497 e. The van der Waals surface area contributed by atoms with Gasteiger partial charge in [-0.25, -0.2) is 8.78 Å². The predicted octanol–water partition coefficient (Wildman–Crippen LogP) is 2.74. The van der Waals surface area contributed by atoms with Crippen molar-refractivity contribution < 1.29 is 18.3 Å². The molecule has 0 fully saturated rings. The lowest BCUT2D eigenvalue weighted by atomic mass is 10.1. The Labute approximate surface area is 120 Å². The molecule has 0 bridgehead atoms. The first-order valence-corrected chi connectivity index (χ1v) is 6.17. The number of nitrogens with two attached hydrogens (primary N) is 1. The van der Waals surface area contributed by atoms with Gasteiger partial charge in [0.15, 0.2) is 11.6 Å². The summed E-state index contributed by atoms with van der Waals surface area (Å²) in [6, 6.07) is 8.99. The van der Waals surface area contributed by atoms with Gasteiger partial charge in [-0.3, -0.25) is 4.79 Å². The zero-order valence-electron chi connectivity index (χ0n) is 11.3. The van der Waals surface area contributed by atoms with E-state index in [0.29, 0.717) is 11.3 Å². The number of anilines is 2. The Kier molecular flexibility index (Phi) is 4.37. The van der Waals surface area contributed by atoms with Crippen molar-refractivity contribution in [3.63, 3.8) is 0 Å². The smallest absolute Gasteiger partial charge is 0.228 e. The Morgan fingerprint density at radius 3 is 2.76 bits per heavy atom. The highest BCUT2D eigenvalue weighted by atomic mass is 19.2. The summed E-state index contributed by atoms with van der Waals surface area (Å²) in [5.41, 5.74) is 5.84. The number of halogens is 2. The number of ether oxygens (including phenoxy) is 1. The van der Waals surface area contributed by atoms with E-state index in [9.17, 15) is 13.6 Å². The van der Waals surface area contributed by atoms with Crippen LogP contribution in [0.4, 0.5) is 20.2 Å². The number of hydrogen-bond donors (Lipinski definition) is 2. The van der Waals surface area contributed by atoms with Gasteiger partial charge in [0.05, 0.1) is 19.2 Å². The highest BCUT2D eigenvalue weighted by Crippen LogP contribution is 2.24. The molecule has 3 N–H and O–H groups in total. The number of carbonyl (C=O) groups is 1. The van der Waals surface area contributed by atoms with Gasteiger partial charge < -0.3 is 15.8 Å². The van der Waals surface area contributed by atoms with E-state index in [-0.39, 0.29) is 17.8 Å². The number of nitrogen functional groups attached to an aromatic ring is 1. The van der Waals surface area contributed by atoms with Crippen molar-refractivity contribution in [2.24, 2.45) is 0 Å². The van der Waals surface area contributed by atoms with Crippen LogP contribution in [-0.2, 0) is 11.2 Å². The van der Waals surface area contributed by atoms with Crippen molar-refractivity contribution in [3.05, 3.63) is 53.6 Å². The van der Waals surface area contributed by atoms with Crippen molar-refractivity contribution in [1.82, 2.24) is 0 Å². The van der Waals surface area contributed by atoms with Gasteiger partial charge in [-0.15, -0.1) is 0 Å². The molecule has 0 aliphatic heterocycles. The molecule has 0 aromatic heterocycles. The minimum absolute atomic E-state index is 0.00735. The van der Waals surface area contributed by atoms with E-state index < -0.39 is 17.5 Å². The number of hydrogen-bond acceptors (Lipinski definition) is 3. The lowest BCUT2D eigenvalue weighted by molar-refractivity contribution is -0.115. The second-order valence-corrected chi connectivity index (χ2v) is 4.40. The van der Waals surface area contributed by atoms with Gasteiger partial charge in [0.2, 0.25) is 5.91 Å². The van der Waals surface area contributed by atoms with E-state index in [1.807, 2.05) is 0 Å². The molecule has 0 unspecified atom stereocenters. The molecule has 0 aliphatic carbocycles. The number of methoxy groups -OCH3 is 1. The maximum Gasteiger partial charge on any atom is 0.228 e. The predicted molar refractivity (Wildman–Crippen MR) is 76.1 cm³/mol. The number of benzene rings is 2. The first kappa shape index (κ1) is 14.8. The van der Waals surface area contributed by atoms with Crippen LogP contribution in [0.25, 0.3) is 0 Å². The van der Waals surface area contributed by atoms with Gasteiger partial charge in [-0.05, 0) is 29.8 Å². The molecule has 1 amide bonds. The molecule has 6 heteroatoms. The summed E-state index contributed by atoms with van der Waals surface area (Å²) >= 11 is 0. The van der Waals surface area contributed by atoms with Crippen molar-refractivity contribution in [2.75, 3.05) is 18.2 Å². The average Bonchev–Trinajstić information content (AvgIpc) is 2.48. The summed E-state index contributed by atoms with van der Waals surface area (Å²) in [4.78, 5) is 11.9. The summed E-state index contributed by atoms with van der Waals surface area (Å²) in [6.07, 6.45) is -0.00735. The number of nitrogens with one attached hydrogen (secondary N) is 1. The van der Waals surface area contributed by atoms with Crippen LogP contribution in [0.2, 0.25) is 0 Å². The Bertz CT molecular complexity index is 675. The molecule has 2 aromatic rings. The molecule has 0 saturated carbocycles. The molecule has 4 nitrogen and oxygen atoms in total. The normalized spacial score (nSPS) is 10.2. The third-order valence-corrected chi connectivity index (χ3v) is 2.89. The minimum atomic E-state index is -1.17. The third-order valence-electron chi connectivity index (χ3n) is 2.89. The summed E-state index contributed by atoms with van der Waals surface area (Å²) in [5.74, 6) is -2.13. The molecule has 0 aliphatic rings. The van der Waals surface area contributed by atoms with Gasteiger partial charge in [-0.2, -0.15) is 0 Å². The van der Waals surface area contributed by atoms with Gasteiger partial charge in [0.25, 0.3) is 0 Å². The molecule has 2 rings (SSSR count). The van der Waals surface area contributed by atoms with Crippen LogP contribution >= 0.6 is 0 Å². The molecular formula is C15H14F2N2O2. The van der Waals surface area contributed by atoms with E-state index >= 15 is 0 Å². The fourth-order valence-electron chi connectivity index (χ4n) is 1.84. The summed E-state index contributed by atoms with van der Waals surface area (Å²) in [7, 11) is 1.52. The number of rotatable bonds is 4. The monoisotopic (exact) mass is 292 g/mol. The Morgan fingerprint density at radius 2 is 2.05 bits per heavy atom. The average molecular weight is 292 g/mol. The second kappa shape index (κ2) is 6.21. The third kappa shape index (κ3) is 3.47. The molecule has 0 heterocycles. The van der Waals surface area contributed by atoms with Crippen LogP contribution < -0.4 is 15.8 Å². The lowest BCUT2D eigenvalue weighted by Crippen LogP contribution is -2.17. The summed E-state index contributed by atoms with van der Waals surface area (Å²) < 4.78 is 31.8. The van der Waals surface area contributed by atoms with Crippen LogP contribution in [0.1, 0.15) is 5.56 Å². The quantitative estimate of drug-likeness (QED) is 0.852. The molecular weight excluding hydrogens is 278 g/mol. The summed E-state index contributed by atoms with van der Waals surface area (Å²) in [6.45, 7) is 0. The van der Waals surface area contributed by atoms with Crippen molar-refractivity contribution in [3.8, 4) is 5.75 Å². The van der Waals surface area contributed by atoms with Crippen LogP contribution in [0, 0.1) is 11.6 Å². The van der Waals surface area contributed by atoms with E-state index in [1.165, 1.54) is 13.2 Å². The van der Waals surface area contributed by atoms with Gasteiger partial charge in [0, 0.05) is 0 Å². The molecule has 0 atom stereocenters. The maximum atomic E-state index is 13.6. The highest BCUT2D eigenvalue weighted by Gasteiger charge is 2.14. The maximum absolute atomic E-state index is 13.6. The van der Waals surface area contributed by atoms with Gasteiger partial charge in [0.1, 0.15) is 11.4 Å². The fraction of sp³-hybridized carbons (Fsp3) is 0.133. The van der Waals surface area contributed by atoms with E-state index in [0.717, 1.165) is 6.07 Å². The SMILES string of the molecule is COc1cccc(CC(=O)Nc2c(N)ccc(F)c2F)c1. The standard InChI is InChI=1S/C15H14F2N2O2/c1-21-10-4-2-3-9(7-10)8-13(20)19-15-12(18)6-5-11(16)14(15)17/h2-7H,8,18H2,1H3,(H,19,20). The number of carbonyl (C=O) groups excluding carboxylic acids is 1. The summed E-state index contributed by atoms with van der Waals surface area (Å²) in [5, 5.41) is 2.29. The van der Waals surface area contributed by atoms with E-state index in [1.54, 1.807) is 24.3 Å². The highest BCUT2D eigenvalue weighted by molar-refractivity contribution is 5.95. The topological polar surface area (TPSA) is 64.3 Å². The lowest BCUT2D eigenvalue weighted by Gasteiger charge is -2.10. The van der Waals surface area contributed by atoms with E-state index in [4.69, 9.17) is 10.5 Å². The van der Waals surface area contributed by atoms with Crippen LogP contribution in [0.5, 0.6) is 5.75 Å². The first-order chi connectivity index (χ1) is 10.0. The Hall–Kier alpha value is -2.63. The van der Waals surface area contributed by atoms with Crippen molar-refractivity contribution in [1.29, 1.82) is 0 Å². The molecule has 0 radical (unpaired) electrons. The van der Waals surface area contributed by atoms with Gasteiger partial charge in [-0.1, -0.05) is 12.1 Å². The molecule has 0 saturated heterocycles. The van der Waals surface area contributed by atoms with Crippen LogP contribution in [0.15, 0.2) is 36.4 Å². The van der Waals surface area contributed by atoms with Gasteiger partial charge >= 0.3 is 0 Å². The molecule has 21 heavy (non-hydrogen) atoms. The fourth-order valence-corrected chi connectivity index (χ4v) is 1.84. The van der Waals surface area contributed by atoms with Crippen LogP contribution in [0.3, 0.4) is 0 Å².